The fourth-order valence-corrected chi connectivity index (χ4v) is 4.40. The Balaban J connectivity index is 1.48. The van der Waals surface area contributed by atoms with Crippen molar-refractivity contribution >= 4 is 7.85 Å². The van der Waals surface area contributed by atoms with E-state index >= 15 is 0 Å². The first-order chi connectivity index (χ1) is 7.15. The molecule has 0 bridgehead atoms. The summed E-state index contributed by atoms with van der Waals surface area (Å²) in [4.78, 5) is 0. The van der Waals surface area contributed by atoms with E-state index in [-0.39, 0.29) is 6.10 Å². The Bertz CT molecular complexity index is 219. The molecule has 84 valence electrons. The third-order valence-corrected chi connectivity index (χ3v) is 5.67. The molecule has 3 aliphatic carbocycles. The molecule has 0 amide bonds. The average molecular weight is 206 g/mol. The van der Waals surface area contributed by atoms with Gasteiger partial charge >= 0.3 is 0 Å². The van der Waals surface area contributed by atoms with E-state index in [1.165, 1.54) is 19.3 Å². The molecule has 3 unspecified atom stereocenters. The number of hydrogen-bond acceptors (Lipinski definition) is 1. The van der Waals surface area contributed by atoms with E-state index in [0.717, 1.165) is 48.2 Å². The molecule has 0 aromatic carbocycles. The van der Waals surface area contributed by atoms with Gasteiger partial charge in [-0.2, -0.15) is 0 Å². The Morgan fingerprint density at radius 3 is 1.87 bits per heavy atom. The highest BCUT2D eigenvalue weighted by molar-refractivity contribution is 6.12. The van der Waals surface area contributed by atoms with Crippen LogP contribution in [0.3, 0.4) is 0 Å². The van der Waals surface area contributed by atoms with E-state index in [4.69, 9.17) is 0 Å². The highest BCUT2D eigenvalue weighted by Crippen LogP contribution is 2.59. The zero-order valence-corrected chi connectivity index (χ0v) is 10.0. The van der Waals surface area contributed by atoms with Crippen LogP contribution >= 0.6 is 0 Å². The number of hydrogen-bond donors (Lipinski definition) is 1. The van der Waals surface area contributed by atoms with Crippen LogP contribution in [0.1, 0.15) is 39.0 Å². The molecule has 3 aliphatic rings. The molecule has 1 nitrogen and oxygen atoms in total. The van der Waals surface area contributed by atoms with Gasteiger partial charge in [0.15, 0.2) is 0 Å². The van der Waals surface area contributed by atoms with E-state index in [2.05, 4.69) is 14.8 Å². The molecule has 0 saturated heterocycles. The Hall–Kier alpha value is 0.0249. The van der Waals surface area contributed by atoms with Crippen molar-refractivity contribution in [2.24, 2.45) is 29.6 Å². The molecule has 0 aromatic rings. The van der Waals surface area contributed by atoms with Crippen molar-refractivity contribution in [1.82, 2.24) is 0 Å². The lowest BCUT2D eigenvalue weighted by atomic mass is 9.44. The first-order valence-electron chi connectivity index (χ1n) is 6.83. The van der Waals surface area contributed by atoms with Crippen LogP contribution in [0.25, 0.3) is 0 Å². The van der Waals surface area contributed by atoms with Crippen LogP contribution in [0.15, 0.2) is 0 Å². The van der Waals surface area contributed by atoms with Gasteiger partial charge in [0.1, 0.15) is 7.85 Å². The third kappa shape index (κ3) is 1.56. The summed E-state index contributed by atoms with van der Waals surface area (Å²) in [6, 6.07) is 0. The SMILES string of the molecule is BC1C(C2CC(C)C2)CC1C1CC(O)C1. The second-order valence-electron chi connectivity index (χ2n) is 6.64. The van der Waals surface area contributed by atoms with Crippen molar-refractivity contribution in [2.75, 3.05) is 0 Å². The van der Waals surface area contributed by atoms with Crippen LogP contribution < -0.4 is 0 Å². The third-order valence-electron chi connectivity index (χ3n) is 5.67. The van der Waals surface area contributed by atoms with Crippen molar-refractivity contribution in [3.63, 3.8) is 0 Å². The summed E-state index contributed by atoms with van der Waals surface area (Å²) in [5.41, 5.74) is 0. The molecule has 15 heavy (non-hydrogen) atoms. The fourth-order valence-electron chi connectivity index (χ4n) is 4.40. The molecule has 3 saturated carbocycles. The van der Waals surface area contributed by atoms with Gasteiger partial charge in [0.2, 0.25) is 0 Å². The van der Waals surface area contributed by atoms with E-state index in [0.29, 0.717) is 0 Å². The zero-order valence-electron chi connectivity index (χ0n) is 10.0. The van der Waals surface area contributed by atoms with Crippen LogP contribution in [-0.4, -0.2) is 19.1 Å². The smallest absolute Gasteiger partial charge is 0.106 e. The maximum absolute atomic E-state index is 9.34. The second kappa shape index (κ2) is 3.51. The molecule has 0 spiro atoms. The van der Waals surface area contributed by atoms with Gasteiger partial charge in [-0.15, -0.1) is 0 Å². The number of aliphatic hydroxyl groups is 1. The standard InChI is InChI=1S/C13H23BO/c1-7-2-8(3-7)11-6-12(13(11)14)9-4-10(15)5-9/h7-13,15H,2-6,14H2,1H3. The minimum absolute atomic E-state index is 0.0463. The summed E-state index contributed by atoms with van der Waals surface area (Å²) in [6.45, 7) is 2.39. The number of rotatable bonds is 2. The Kier molecular flexibility index (Phi) is 2.39. The maximum atomic E-state index is 9.34. The van der Waals surface area contributed by atoms with Crippen molar-refractivity contribution in [3.8, 4) is 0 Å². The predicted octanol–water partition coefficient (Wildman–Crippen LogP) is 1.86. The van der Waals surface area contributed by atoms with Crippen LogP contribution in [0, 0.1) is 29.6 Å². The van der Waals surface area contributed by atoms with E-state index < -0.39 is 0 Å². The molecule has 0 aromatic heterocycles. The Morgan fingerprint density at radius 2 is 1.47 bits per heavy atom. The van der Waals surface area contributed by atoms with Crippen LogP contribution in [0.5, 0.6) is 0 Å². The Labute approximate surface area is 94.0 Å². The summed E-state index contributed by atoms with van der Waals surface area (Å²) in [5.74, 6) is 5.92. The summed E-state index contributed by atoms with van der Waals surface area (Å²) in [5, 5.41) is 9.34. The Morgan fingerprint density at radius 1 is 0.933 bits per heavy atom. The van der Waals surface area contributed by atoms with Crippen molar-refractivity contribution in [3.05, 3.63) is 0 Å². The molecule has 1 N–H and O–H groups in total. The predicted molar refractivity (Wildman–Crippen MR) is 64.5 cm³/mol. The summed E-state index contributed by atoms with van der Waals surface area (Å²) in [6.07, 6.45) is 6.72. The average Bonchev–Trinajstić information content (AvgIpc) is 2.10. The molecule has 2 heteroatoms. The molecule has 3 fully saturated rings. The minimum Gasteiger partial charge on any atom is -0.393 e. The zero-order chi connectivity index (χ0) is 10.6. The molecule has 3 rings (SSSR count). The maximum Gasteiger partial charge on any atom is 0.106 e. The summed E-state index contributed by atoms with van der Waals surface area (Å²) < 4.78 is 0. The van der Waals surface area contributed by atoms with Gasteiger partial charge in [0.05, 0.1) is 6.10 Å². The highest BCUT2D eigenvalue weighted by Gasteiger charge is 2.50. The van der Waals surface area contributed by atoms with Gasteiger partial charge in [0.25, 0.3) is 0 Å². The van der Waals surface area contributed by atoms with Crippen LogP contribution in [0.2, 0.25) is 5.82 Å². The first kappa shape index (κ1) is 10.2. The first-order valence-corrected chi connectivity index (χ1v) is 6.83. The topological polar surface area (TPSA) is 20.2 Å². The molecular formula is C13H23BO. The lowest BCUT2D eigenvalue weighted by Gasteiger charge is -2.56. The molecule has 0 radical (unpaired) electrons. The van der Waals surface area contributed by atoms with Gasteiger partial charge in [-0.1, -0.05) is 12.7 Å². The second-order valence-corrected chi connectivity index (χ2v) is 6.64. The van der Waals surface area contributed by atoms with E-state index in [1.54, 1.807) is 0 Å². The van der Waals surface area contributed by atoms with Gasteiger partial charge in [-0.25, -0.2) is 0 Å². The van der Waals surface area contributed by atoms with Gasteiger partial charge in [-0.3, -0.25) is 0 Å². The molecule has 0 heterocycles. The summed E-state index contributed by atoms with van der Waals surface area (Å²) in [7, 11) is 2.46. The van der Waals surface area contributed by atoms with E-state index in [9.17, 15) is 5.11 Å². The normalized spacial score (nSPS) is 58.9. The van der Waals surface area contributed by atoms with E-state index in [1.807, 2.05) is 0 Å². The monoisotopic (exact) mass is 206 g/mol. The molecule has 3 atom stereocenters. The van der Waals surface area contributed by atoms with Crippen LogP contribution in [-0.2, 0) is 0 Å². The van der Waals surface area contributed by atoms with Crippen molar-refractivity contribution in [1.29, 1.82) is 0 Å². The molecule has 0 aliphatic heterocycles. The van der Waals surface area contributed by atoms with Gasteiger partial charge < -0.3 is 5.11 Å². The number of aliphatic hydroxyl groups excluding tert-OH is 1. The van der Waals surface area contributed by atoms with Crippen molar-refractivity contribution in [2.45, 2.75) is 50.9 Å². The van der Waals surface area contributed by atoms with Crippen LogP contribution in [0.4, 0.5) is 0 Å². The van der Waals surface area contributed by atoms with Crippen molar-refractivity contribution < 1.29 is 5.11 Å². The fraction of sp³-hybridized carbons (Fsp3) is 1.00. The lowest BCUT2D eigenvalue weighted by Crippen LogP contribution is -2.48. The van der Waals surface area contributed by atoms with Gasteiger partial charge in [-0.05, 0) is 61.7 Å². The largest absolute Gasteiger partial charge is 0.393 e. The summed E-state index contributed by atoms with van der Waals surface area (Å²) >= 11 is 0. The minimum atomic E-state index is 0.0463. The lowest BCUT2D eigenvalue weighted by molar-refractivity contribution is -0.0489. The van der Waals surface area contributed by atoms with Gasteiger partial charge in [0, 0.05) is 0 Å². The highest BCUT2D eigenvalue weighted by atomic mass is 16.3. The quantitative estimate of drug-likeness (QED) is 0.683. The molecular weight excluding hydrogens is 183 g/mol.